The van der Waals surface area contributed by atoms with Gasteiger partial charge in [-0.2, -0.15) is 10.1 Å². The van der Waals surface area contributed by atoms with Crippen molar-refractivity contribution in [1.82, 2.24) is 25.2 Å². The minimum atomic E-state index is -0.305. The van der Waals surface area contributed by atoms with Crippen LogP contribution in [0.15, 0.2) is 59.3 Å². The molecule has 1 fully saturated rings. The van der Waals surface area contributed by atoms with Crippen molar-refractivity contribution < 1.29 is 13.7 Å². The molecule has 2 aromatic carbocycles. The van der Waals surface area contributed by atoms with E-state index in [9.17, 15) is 9.18 Å². The van der Waals surface area contributed by atoms with E-state index in [4.69, 9.17) is 4.52 Å². The number of nitrogens with zero attached hydrogens (tertiary/aromatic N) is 4. The van der Waals surface area contributed by atoms with Gasteiger partial charge in [-0.25, -0.2) is 9.07 Å². The zero-order valence-corrected chi connectivity index (χ0v) is 16.9. The Kier molecular flexibility index (Phi) is 4.82. The maximum atomic E-state index is 13.0. The van der Waals surface area contributed by atoms with Crippen LogP contribution in [0.4, 0.5) is 4.39 Å². The zero-order chi connectivity index (χ0) is 21.4. The number of nitrogens with one attached hydrogen (secondary N) is 1. The first kappa shape index (κ1) is 19.2. The Morgan fingerprint density at radius 2 is 1.90 bits per heavy atom. The lowest BCUT2D eigenvalue weighted by atomic mass is 10.2. The summed E-state index contributed by atoms with van der Waals surface area (Å²) in [6, 6.07) is 13.6. The molecule has 0 atom stereocenters. The molecule has 0 saturated heterocycles. The van der Waals surface area contributed by atoms with Crippen molar-refractivity contribution in [3.63, 3.8) is 0 Å². The Morgan fingerprint density at radius 3 is 2.61 bits per heavy atom. The van der Waals surface area contributed by atoms with E-state index in [-0.39, 0.29) is 11.7 Å². The summed E-state index contributed by atoms with van der Waals surface area (Å²) in [5.41, 5.74) is 3.60. The van der Waals surface area contributed by atoms with Crippen molar-refractivity contribution in [2.24, 2.45) is 0 Å². The molecule has 2 aromatic heterocycles. The molecule has 1 N–H and O–H groups in total. The molecule has 5 rings (SSSR count). The van der Waals surface area contributed by atoms with Crippen LogP contribution < -0.4 is 5.32 Å². The van der Waals surface area contributed by atoms with Gasteiger partial charge in [0.25, 0.3) is 5.91 Å². The lowest BCUT2D eigenvalue weighted by Gasteiger charge is -2.04. The van der Waals surface area contributed by atoms with Gasteiger partial charge in [0.2, 0.25) is 11.7 Å². The Labute approximate surface area is 177 Å². The van der Waals surface area contributed by atoms with Crippen molar-refractivity contribution >= 4 is 5.91 Å². The monoisotopic (exact) mass is 417 g/mol. The van der Waals surface area contributed by atoms with Gasteiger partial charge in [0.1, 0.15) is 5.82 Å². The highest BCUT2D eigenvalue weighted by atomic mass is 19.1. The molecule has 1 aliphatic rings. The first-order chi connectivity index (χ1) is 15.1. The van der Waals surface area contributed by atoms with E-state index < -0.39 is 0 Å². The smallest absolute Gasteiger partial charge is 0.255 e. The Hall–Kier alpha value is -3.81. The number of aromatic nitrogens is 4. The maximum Gasteiger partial charge on any atom is 0.255 e. The first-order valence-corrected chi connectivity index (χ1v) is 10.1. The summed E-state index contributed by atoms with van der Waals surface area (Å²) in [4.78, 5) is 17.0. The standard InChI is InChI=1S/C23H20FN5O2/c1-14-20(22(30)25-12-15-2-8-18(24)9-3-15)13-29(27-14)19-10-6-16(7-11-19)21-26-23(31-28-21)17-4-5-17/h2-3,6-11,13,17H,4-5,12H2,1H3,(H,25,30). The zero-order valence-electron chi connectivity index (χ0n) is 16.9. The molecule has 0 aliphatic heterocycles. The van der Waals surface area contributed by atoms with Crippen LogP contribution >= 0.6 is 0 Å². The highest BCUT2D eigenvalue weighted by molar-refractivity contribution is 5.95. The SMILES string of the molecule is Cc1nn(-c2ccc(-c3noc(C4CC4)n3)cc2)cc1C(=O)NCc1ccc(F)cc1. The van der Waals surface area contributed by atoms with Gasteiger partial charge in [0.05, 0.1) is 16.9 Å². The Balaban J connectivity index is 1.29. The third-order valence-electron chi connectivity index (χ3n) is 5.27. The fourth-order valence-electron chi connectivity index (χ4n) is 3.31. The molecule has 0 radical (unpaired) electrons. The number of amides is 1. The third kappa shape index (κ3) is 4.09. The molecular weight excluding hydrogens is 397 g/mol. The number of aryl methyl sites for hydroxylation is 1. The molecule has 1 amide bonds. The molecule has 7 nitrogen and oxygen atoms in total. The van der Waals surface area contributed by atoms with Gasteiger partial charge in [-0.05, 0) is 61.7 Å². The number of carbonyl (C=O) groups is 1. The van der Waals surface area contributed by atoms with Crippen molar-refractivity contribution in [1.29, 1.82) is 0 Å². The van der Waals surface area contributed by atoms with Crippen LogP contribution in [-0.2, 0) is 6.54 Å². The van der Waals surface area contributed by atoms with Gasteiger partial charge in [-0.15, -0.1) is 0 Å². The number of benzene rings is 2. The molecule has 0 unspecified atom stereocenters. The summed E-state index contributed by atoms with van der Waals surface area (Å²) in [5, 5.41) is 11.4. The predicted octanol–water partition coefficient (Wildman–Crippen LogP) is 4.18. The summed E-state index contributed by atoms with van der Waals surface area (Å²) < 4.78 is 20.0. The second kappa shape index (κ2) is 7.79. The quantitative estimate of drug-likeness (QED) is 0.509. The van der Waals surface area contributed by atoms with Gasteiger partial charge >= 0.3 is 0 Å². The van der Waals surface area contributed by atoms with Crippen molar-refractivity contribution in [2.45, 2.75) is 32.2 Å². The fourth-order valence-corrected chi connectivity index (χ4v) is 3.31. The summed E-state index contributed by atoms with van der Waals surface area (Å²) in [5.74, 6) is 1.16. The topological polar surface area (TPSA) is 85.8 Å². The molecule has 4 aromatic rings. The van der Waals surface area contributed by atoms with Gasteiger partial charge in [0, 0.05) is 24.2 Å². The average molecular weight is 417 g/mol. The van der Waals surface area contributed by atoms with Gasteiger partial charge in [-0.1, -0.05) is 17.3 Å². The number of carbonyl (C=O) groups excluding carboxylic acids is 1. The minimum Gasteiger partial charge on any atom is -0.348 e. The van der Waals surface area contributed by atoms with E-state index in [1.54, 1.807) is 29.9 Å². The van der Waals surface area contributed by atoms with Crippen molar-refractivity contribution in [2.75, 3.05) is 0 Å². The van der Waals surface area contributed by atoms with Gasteiger partial charge in [0.15, 0.2) is 0 Å². The molecule has 8 heteroatoms. The average Bonchev–Trinajstić information content (AvgIpc) is 3.38. The van der Waals surface area contributed by atoms with Gasteiger partial charge < -0.3 is 9.84 Å². The molecule has 1 saturated carbocycles. The van der Waals surface area contributed by atoms with Gasteiger partial charge in [-0.3, -0.25) is 4.79 Å². The predicted molar refractivity (Wildman–Crippen MR) is 111 cm³/mol. The molecule has 156 valence electrons. The molecular formula is C23H20FN5O2. The molecule has 0 bridgehead atoms. The minimum absolute atomic E-state index is 0.232. The second-order valence-electron chi connectivity index (χ2n) is 7.66. The first-order valence-electron chi connectivity index (χ1n) is 10.1. The van der Waals surface area contributed by atoms with E-state index in [1.807, 2.05) is 24.3 Å². The van der Waals surface area contributed by atoms with Crippen LogP contribution in [-0.4, -0.2) is 25.8 Å². The van der Waals surface area contributed by atoms with E-state index in [0.29, 0.717) is 35.4 Å². The molecule has 2 heterocycles. The molecule has 31 heavy (non-hydrogen) atoms. The van der Waals surface area contributed by atoms with Crippen LogP contribution in [0.25, 0.3) is 17.1 Å². The third-order valence-corrected chi connectivity index (χ3v) is 5.27. The van der Waals surface area contributed by atoms with Crippen LogP contribution in [0.5, 0.6) is 0 Å². The molecule has 0 spiro atoms. The fraction of sp³-hybridized carbons (Fsp3) is 0.217. The van der Waals surface area contributed by atoms with Crippen molar-refractivity contribution in [3.8, 4) is 17.1 Å². The van der Waals surface area contributed by atoms with Crippen LogP contribution in [0.1, 0.15) is 46.3 Å². The number of hydrogen-bond donors (Lipinski definition) is 1. The van der Waals surface area contributed by atoms with E-state index in [0.717, 1.165) is 29.7 Å². The number of halogens is 1. The highest BCUT2D eigenvalue weighted by Gasteiger charge is 2.29. The van der Waals surface area contributed by atoms with E-state index >= 15 is 0 Å². The maximum absolute atomic E-state index is 13.0. The van der Waals surface area contributed by atoms with Crippen molar-refractivity contribution in [3.05, 3.63) is 83.3 Å². The Morgan fingerprint density at radius 1 is 1.16 bits per heavy atom. The highest BCUT2D eigenvalue weighted by Crippen LogP contribution is 2.39. The van der Waals surface area contributed by atoms with Crippen LogP contribution in [0, 0.1) is 12.7 Å². The summed E-state index contributed by atoms with van der Waals surface area (Å²) in [7, 11) is 0. The lowest BCUT2D eigenvalue weighted by molar-refractivity contribution is 0.0950. The number of hydrogen-bond acceptors (Lipinski definition) is 5. The summed E-state index contributed by atoms with van der Waals surface area (Å²) >= 11 is 0. The normalized spacial score (nSPS) is 13.4. The summed E-state index contributed by atoms with van der Waals surface area (Å²) in [6.45, 7) is 2.10. The lowest BCUT2D eigenvalue weighted by Crippen LogP contribution is -2.23. The van der Waals surface area contributed by atoms with Crippen LogP contribution in [0.2, 0.25) is 0 Å². The summed E-state index contributed by atoms with van der Waals surface area (Å²) in [6.07, 6.45) is 3.92. The van der Waals surface area contributed by atoms with E-state index in [2.05, 4.69) is 20.6 Å². The van der Waals surface area contributed by atoms with E-state index in [1.165, 1.54) is 12.1 Å². The Bertz CT molecular complexity index is 1220. The molecule has 1 aliphatic carbocycles. The number of rotatable bonds is 6. The second-order valence-corrected chi connectivity index (χ2v) is 7.66. The van der Waals surface area contributed by atoms with Crippen LogP contribution in [0.3, 0.4) is 0 Å². The largest absolute Gasteiger partial charge is 0.348 e.